The van der Waals surface area contributed by atoms with Crippen molar-refractivity contribution in [2.75, 3.05) is 26.2 Å². The minimum absolute atomic E-state index is 0.0514. The molecule has 0 bridgehead atoms. The number of ether oxygens (including phenoxy) is 1. The molecule has 1 N–H and O–H groups in total. The van der Waals surface area contributed by atoms with Gasteiger partial charge < -0.3 is 9.84 Å². The van der Waals surface area contributed by atoms with Crippen molar-refractivity contribution in [3.8, 4) is 0 Å². The van der Waals surface area contributed by atoms with Crippen LogP contribution in [0.1, 0.15) is 36.5 Å². The van der Waals surface area contributed by atoms with Crippen LogP contribution in [0.2, 0.25) is 0 Å². The number of hydrogen-bond acceptors (Lipinski definition) is 3. The molecule has 2 aliphatic rings. The van der Waals surface area contributed by atoms with Crippen LogP contribution < -0.4 is 0 Å². The molecule has 1 unspecified atom stereocenters. The molecule has 0 radical (unpaired) electrons. The molecule has 3 rings (SSSR count). The number of halogens is 1. The Labute approximate surface area is 119 Å². The quantitative estimate of drug-likeness (QED) is 0.922. The Morgan fingerprint density at radius 1 is 1.45 bits per heavy atom. The highest BCUT2D eigenvalue weighted by Gasteiger charge is 2.42. The van der Waals surface area contributed by atoms with Crippen LogP contribution in [0.5, 0.6) is 0 Å². The molecular weight excluding hydrogens is 257 g/mol. The first-order chi connectivity index (χ1) is 9.58. The van der Waals surface area contributed by atoms with Crippen molar-refractivity contribution in [1.29, 1.82) is 0 Å². The summed E-state index contributed by atoms with van der Waals surface area (Å²) in [5.41, 5.74) is 1.68. The van der Waals surface area contributed by atoms with Crippen molar-refractivity contribution < 1.29 is 14.2 Å². The molecule has 1 aliphatic carbocycles. The molecule has 20 heavy (non-hydrogen) atoms. The summed E-state index contributed by atoms with van der Waals surface area (Å²) in [6.07, 6.45) is 2.95. The summed E-state index contributed by atoms with van der Waals surface area (Å²) >= 11 is 0. The van der Waals surface area contributed by atoms with Crippen LogP contribution in [0, 0.1) is 12.7 Å². The van der Waals surface area contributed by atoms with E-state index in [1.807, 2.05) is 6.92 Å². The maximum atomic E-state index is 13.1. The zero-order valence-corrected chi connectivity index (χ0v) is 11.9. The van der Waals surface area contributed by atoms with Crippen molar-refractivity contribution in [2.24, 2.45) is 0 Å². The SMILES string of the molecule is Cc1cc(F)ccc1C(O)CN1CCOC2(CCC2)C1. The van der Waals surface area contributed by atoms with Gasteiger partial charge in [0.2, 0.25) is 0 Å². The van der Waals surface area contributed by atoms with Crippen LogP contribution >= 0.6 is 0 Å². The normalized spacial score (nSPS) is 23.6. The average molecular weight is 279 g/mol. The van der Waals surface area contributed by atoms with Crippen LogP contribution in [0.4, 0.5) is 4.39 Å². The number of benzene rings is 1. The Hall–Kier alpha value is -0.970. The molecule has 0 amide bonds. The van der Waals surface area contributed by atoms with E-state index in [1.54, 1.807) is 6.07 Å². The lowest BCUT2D eigenvalue weighted by Crippen LogP contribution is -2.56. The summed E-state index contributed by atoms with van der Waals surface area (Å²) in [6.45, 7) is 4.95. The molecule has 1 saturated carbocycles. The van der Waals surface area contributed by atoms with Crippen molar-refractivity contribution in [3.05, 3.63) is 35.1 Å². The summed E-state index contributed by atoms with van der Waals surface area (Å²) in [5, 5.41) is 10.4. The Morgan fingerprint density at radius 2 is 2.25 bits per heavy atom. The second-order valence-corrected chi connectivity index (χ2v) is 6.14. The number of aryl methyl sites for hydroxylation is 1. The number of β-amino-alcohol motifs (C(OH)–C–C–N with tert-alkyl or cyclic N) is 1. The summed E-state index contributed by atoms with van der Waals surface area (Å²) in [7, 11) is 0. The summed E-state index contributed by atoms with van der Waals surface area (Å²) in [6, 6.07) is 4.58. The number of morpholine rings is 1. The topological polar surface area (TPSA) is 32.7 Å². The van der Waals surface area contributed by atoms with Gasteiger partial charge in [0.05, 0.1) is 18.3 Å². The van der Waals surface area contributed by atoms with Crippen LogP contribution in [-0.2, 0) is 4.74 Å². The third-order valence-corrected chi connectivity index (χ3v) is 4.61. The Morgan fingerprint density at radius 3 is 2.90 bits per heavy atom. The molecule has 1 heterocycles. The fourth-order valence-corrected chi connectivity index (χ4v) is 3.31. The second kappa shape index (κ2) is 5.43. The fraction of sp³-hybridized carbons (Fsp3) is 0.625. The first kappa shape index (κ1) is 14.0. The van der Waals surface area contributed by atoms with Gasteiger partial charge in [0.25, 0.3) is 0 Å². The monoisotopic (exact) mass is 279 g/mol. The number of aliphatic hydroxyl groups excluding tert-OH is 1. The van der Waals surface area contributed by atoms with Crippen LogP contribution in [-0.4, -0.2) is 41.8 Å². The molecule has 1 aliphatic heterocycles. The molecule has 1 aromatic rings. The van der Waals surface area contributed by atoms with Gasteiger partial charge in [0.1, 0.15) is 5.82 Å². The first-order valence-electron chi connectivity index (χ1n) is 7.38. The standard InChI is InChI=1S/C16H22FNO2/c1-12-9-13(17)3-4-14(12)15(19)10-18-7-8-20-16(11-18)5-2-6-16/h3-4,9,15,19H,2,5-8,10-11H2,1H3. The Balaban J connectivity index is 1.64. The highest BCUT2D eigenvalue weighted by Crippen LogP contribution is 2.38. The molecule has 110 valence electrons. The number of nitrogens with zero attached hydrogens (tertiary/aromatic N) is 1. The van der Waals surface area contributed by atoms with Crippen LogP contribution in [0.25, 0.3) is 0 Å². The van der Waals surface area contributed by atoms with Crippen molar-refractivity contribution in [2.45, 2.75) is 37.9 Å². The zero-order valence-electron chi connectivity index (χ0n) is 11.9. The minimum atomic E-state index is -0.564. The van der Waals surface area contributed by atoms with E-state index in [0.29, 0.717) is 6.54 Å². The maximum absolute atomic E-state index is 13.1. The van der Waals surface area contributed by atoms with Crippen LogP contribution in [0.3, 0.4) is 0 Å². The van der Waals surface area contributed by atoms with Gasteiger partial charge in [-0.05, 0) is 49.4 Å². The van der Waals surface area contributed by atoms with E-state index < -0.39 is 6.10 Å². The molecular formula is C16H22FNO2. The molecule has 3 nitrogen and oxygen atoms in total. The molecule has 1 atom stereocenters. The smallest absolute Gasteiger partial charge is 0.123 e. The van der Waals surface area contributed by atoms with E-state index >= 15 is 0 Å². The lowest BCUT2D eigenvalue weighted by atomic mass is 9.79. The lowest BCUT2D eigenvalue weighted by Gasteiger charge is -2.48. The van der Waals surface area contributed by atoms with E-state index in [2.05, 4.69) is 4.90 Å². The molecule has 4 heteroatoms. The third-order valence-electron chi connectivity index (χ3n) is 4.61. The first-order valence-corrected chi connectivity index (χ1v) is 7.38. The van der Waals surface area contributed by atoms with Gasteiger partial charge in [-0.15, -0.1) is 0 Å². The second-order valence-electron chi connectivity index (χ2n) is 6.14. The highest BCUT2D eigenvalue weighted by atomic mass is 19.1. The number of rotatable bonds is 3. The van der Waals surface area contributed by atoms with Gasteiger partial charge in [-0.3, -0.25) is 4.90 Å². The van der Waals surface area contributed by atoms with E-state index in [9.17, 15) is 9.50 Å². The molecule has 1 aromatic carbocycles. The predicted molar refractivity (Wildman–Crippen MR) is 75.1 cm³/mol. The lowest BCUT2D eigenvalue weighted by molar-refractivity contribution is -0.155. The Kier molecular flexibility index (Phi) is 3.80. The summed E-state index contributed by atoms with van der Waals surface area (Å²) in [5.74, 6) is -0.252. The number of aliphatic hydroxyl groups is 1. The van der Waals surface area contributed by atoms with E-state index in [0.717, 1.165) is 43.7 Å². The molecule has 1 spiro atoms. The largest absolute Gasteiger partial charge is 0.387 e. The average Bonchev–Trinajstić information content (AvgIpc) is 2.37. The van der Waals surface area contributed by atoms with Crippen LogP contribution in [0.15, 0.2) is 18.2 Å². The van der Waals surface area contributed by atoms with Crippen molar-refractivity contribution in [3.63, 3.8) is 0 Å². The maximum Gasteiger partial charge on any atom is 0.123 e. The van der Waals surface area contributed by atoms with Gasteiger partial charge in [0, 0.05) is 19.6 Å². The van der Waals surface area contributed by atoms with Gasteiger partial charge in [-0.2, -0.15) is 0 Å². The fourth-order valence-electron chi connectivity index (χ4n) is 3.31. The molecule has 2 fully saturated rings. The summed E-state index contributed by atoms with van der Waals surface area (Å²) in [4.78, 5) is 2.27. The van der Waals surface area contributed by atoms with E-state index in [4.69, 9.17) is 4.74 Å². The van der Waals surface area contributed by atoms with E-state index in [-0.39, 0.29) is 11.4 Å². The molecule has 1 saturated heterocycles. The zero-order chi connectivity index (χ0) is 14.2. The van der Waals surface area contributed by atoms with E-state index in [1.165, 1.54) is 18.6 Å². The Bertz CT molecular complexity index is 487. The van der Waals surface area contributed by atoms with Gasteiger partial charge in [-0.1, -0.05) is 6.07 Å². The highest BCUT2D eigenvalue weighted by molar-refractivity contribution is 5.28. The van der Waals surface area contributed by atoms with Gasteiger partial charge in [0.15, 0.2) is 0 Å². The minimum Gasteiger partial charge on any atom is -0.387 e. The van der Waals surface area contributed by atoms with Crippen molar-refractivity contribution >= 4 is 0 Å². The van der Waals surface area contributed by atoms with Gasteiger partial charge in [-0.25, -0.2) is 4.39 Å². The number of hydrogen-bond donors (Lipinski definition) is 1. The predicted octanol–water partition coefficient (Wildman–Crippen LogP) is 2.42. The van der Waals surface area contributed by atoms with Crippen molar-refractivity contribution in [1.82, 2.24) is 4.90 Å². The molecule has 0 aromatic heterocycles. The van der Waals surface area contributed by atoms with Gasteiger partial charge >= 0.3 is 0 Å². The third kappa shape index (κ3) is 2.73. The summed E-state index contributed by atoms with van der Waals surface area (Å²) < 4.78 is 19.0.